The monoisotopic (exact) mass is 242 g/mol. The Labute approximate surface area is 106 Å². The maximum atomic E-state index is 13.6. The zero-order valence-electron chi connectivity index (χ0n) is 10.5. The van der Waals surface area contributed by atoms with Crippen LogP contribution in [-0.4, -0.2) is 5.78 Å². The van der Waals surface area contributed by atoms with Gasteiger partial charge in [0.05, 0.1) is 0 Å². The van der Waals surface area contributed by atoms with Crippen molar-refractivity contribution >= 4 is 5.78 Å². The highest BCUT2D eigenvalue weighted by molar-refractivity contribution is 6.09. The highest BCUT2D eigenvalue weighted by Gasteiger charge is 2.13. The zero-order chi connectivity index (χ0) is 13.1. The molecule has 0 atom stereocenters. The van der Waals surface area contributed by atoms with Crippen LogP contribution in [0.2, 0.25) is 0 Å². The molecule has 1 nitrogen and oxygen atoms in total. The lowest BCUT2D eigenvalue weighted by molar-refractivity contribution is 0.103. The van der Waals surface area contributed by atoms with Crippen molar-refractivity contribution in [3.63, 3.8) is 0 Å². The number of rotatable bonds is 3. The molecular formula is C16H15FO. The second-order valence-electron chi connectivity index (χ2n) is 4.59. The Morgan fingerprint density at radius 3 is 2.28 bits per heavy atom. The number of halogens is 1. The van der Waals surface area contributed by atoms with Gasteiger partial charge in [-0.15, -0.1) is 0 Å². The largest absolute Gasteiger partial charge is 0.289 e. The molecule has 2 rings (SSSR count). The van der Waals surface area contributed by atoms with Gasteiger partial charge in [0, 0.05) is 11.1 Å². The van der Waals surface area contributed by atoms with Crippen LogP contribution < -0.4 is 0 Å². The fourth-order valence-electron chi connectivity index (χ4n) is 1.88. The molecule has 18 heavy (non-hydrogen) atoms. The van der Waals surface area contributed by atoms with Gasteiger partial charge in [0.25, 0.3) is 0 Å². The van der Waals surface area contributed by atoms with Crippen molar-refractivity contribution in [3.8, 4) is 0 Å². The van der Waals surface area contributed by atoms with Gasteiger partial charge in [-0.05, 0) is 29.7 Å². The highest BCUT2D eigenvalue weighted by Crippen LogP contribution is 2.21. The molecule has 0 aliphatic carbocycles. The van der Waals surface area contributed by atoms with Gasteiger partial charge in [-0.25, -0.2) is 4.39 Å². The van der Waals surface area contributed by atoms with Crippen molar-refractivity contribution in [1.82, 2.24) is 0 Å². The van der Waals surface area contributed by atoms with Gasteiger partial charge >= 0.3 is 0 Å². The van der Waals surface area contributed by atoms with E-state index in [2.05, 4.69) is 0 Å². The molecule has 0 heterocycles. The van der Waals surface area contributed by atoms with E-state index in [1.165, 1.54) is 12.1 Å². The van der Waals surface area contributed by atoms with Crippen molar-refractivity contribution in [1.29, 1.82) is 0 Å². The Hall–Kier alpha value is -1.96. The van der Waals surface area contributed by atoms with Gasteiger partial charge in [0.1, 0.15) is 5.82 Å². The maximum absolute atomic E-state index is 13.6. The molecule has 0 aliphatic heterocycles. The predicted octanol–water partition coefficient (Wildman–Crippen LogP) is 4.18. The molecule has 0 radical (unpaired) electrons. The molecule has 0 bridgehead atoms. The Morgan fingerprint density at radius 1 is 1.00 bits per heavy atom. The van der Waals surface area contributed by atoms with Crippen LogP contribution in [0.25, 0.3) is 0 Å². The molecule has 0 aromatic heterocycles. The average molecular weight is 242 g/mol. The van der Waals surface area contributed by atoms with Crippen LogP contribution in [0.4, 0.5) is 4.39 Å². The summed E-state index contributed by atoms with van der Waals surface area (Å²) in [6.07, 6.45) is 0. The number of hydrogen-bond acceptors (Lipinski definition) is 1. The van der Waals surface area contributed by atoms with Gasteiger partial charge in [-0.2, -0.15) is 0 Å². The third-order valence-corrected chi connectivity index (χ3v) is 2.92. The molecule has 0 amide bonds. The van der Waals surface area contributed by atoms with Gasteiger partial charge in [-0.3, -0.25) is 4.79 Å². The summed E-state index contributed by atoms with van der Waals surface area (Å²) in [4.78, 5) is 12.2. The number of ketones is 1. The maximum Gasteiger partial charge on any atom is 0.193 e. The summed E-state index contributed by atoms with van der Waals surface area (Å²) in [5.74, 6) is -0.263. The third kappa shape index (κ3) is 2.48. The first-order chi connectivity index (χ1) is 8.59. The van der Waals surface area contributed by atoms with E-state index in [0.29, 0.717) is 16.7 Å². The lowest BCUT2D eigenvalue weighted by atomic mass is 9.96. The SMILES string of the molecule is CC(C)c1cc(C(=O)c2ccccc2)ccc1F. The molecule has 0 unspecified atom stereocenters. The van der Waals surface area contributed by atoms with Crippen LogP contribution in [0.3, 0.4) is 0 Å². The van der Waals surface area contributed by atoms with Gasteiger partial charge in [0.2, 0.25) is 0 Å². The number of carbonyl (C=O) groups excluding carboxylic acids is 1. The van der Waals surface area contributed by atoms with Gasteiger partial charge in [0.15, 0.2) is 5.78 Å². The van der Waals surface area contributed by atoms with Crippen molar-refractivity contribution in [2.45, 2.75) is 19.8 Å². The Bertz CT molecular complexity index is 559. The molecule has 0 spiro atoms. The smallest absolute Gasteiger partial charge is 0.193 e. The quantitative estimate of drug-likeness (QED) is 0.738. The van der Waals surface area contributed by atoms with E-state index in [-0.39, 0.29) is 17.5 Å². The summed E-state index contributed by atoms with van der Waals surface area (Å²) < 4.78 is 13.6. The molecule has 0 fully saturated rings. The molecule has 92 valence electrons. The first-order valence-corrected chi connectivity index (χ1v) is 5.99. The van der Waals surface area contributed by atoms with E-state index >= 15 is 0 Å². The van der Waals surface area contributed by atoms with E-state index in [1.54, 1.807) is 18.2 Å². The second kappa shape index (κ2) is 5.13. The summed E-state index contributed by atoms with van der Waals surface area (Å²) in [7, 11) is 0. The summed E-state index contributed by atoms with van der Waals surface area (Å²) in [6.45, 7) is 3.82. The minimum atomic E-state index is -0.255. The van der Waals surface area contributed by atoms with E-state index in [9.17, 15) is 9.18 Å². The van der Waals surface area contributed by atoms with Crippen molar-refractivity contribution in [3.05, 3.63) is 71.0 Å². The topological polar surface area (TPSA) is 17.1 Å². The third-order valence-electron chi connectivity index (χ3n) is 2.92. The minimum absolute atomic E-state index is 0.0634. The lowest BCUT2D eigenvalue weighted by Crippen LogP contribution is -2.03. The number of hydrogen-bond donors (Lipinski definition) is 0. The molecule has 2 heteroatoms. The lowest BCUT2D eigenvalue weighted by Gasteiger charge is -2.09. The predicted molar refractivity (Wildman–Crippen MR) is 70.4 cm³/mol. The van der Waals surface area contributed by atoms with Crippen molar-refractivity contribution < 1.29 is 9.18 Å². The summed E-state index contributed by atoms with van der Waals surface area (Å²) in [6, 6.07) is 13.6. The van der Waals surface area contributed by atoms with E-state index in [1.807, 2.05) is 32.0 Å². The molecular weight excluding hydrogens is 227 g/mol. The normalized spacial score (nSPS) is 10.7. The van der Waals surface area contributed by atoms with Gasteiger partial charge < -0.3 is 0 Å². The first kappa shape index (κ1) is 12.5. The fourth-order valence-corrected chi connectivity index (χ4v) is 1.88. The van der Waals surface area contributed by atoms with Gasteiger partial charge in [-0.1, -0.05) is 44.2 Å². The van der Waals surface area contributed by atoms with Crippen molar-refractivity contribution in [2.75, 3.05) is 0 Å². The molecule has 2 aromatic rings. The van der Waals surface area contributed by atoms with E-state index < -0.39 is 0 Å². The first-order valence-electron chi connectivity index (χ1n) is 5.99. The Balaban J connectivity index is 2.41. The minimum Gasteiger partial charge on any atom is -0.289 e. The van der Waals surface area contributed by atoms with Crippen LogP contribution in [0, 0.1) is 5.82 Å². The Morgan fingerprint density at radius 2 is 1.67 bits per heavy atom. The summed E-state index contributed by atoms with van der Waals surface area (Å²) in [5, 5.41) is 0. The highest BCUT2D eigenvalue weighted by atomic mass is 19.1. The number of carbonyl (C=O) groups is 1. The van der Waals surface area contributed by atoms with E-state index in [0.717, 1.165) is 0 Å². The summed E-state index contributed by atoms with van der Waals surface area (Å²) in [5.41, 5.74) is 1.74. The van der Waals surface area contributed by atoms with Crippen LogP contribution in [0.5, 0.6) is 0 Å². The molecule has 0 N–H and O–H groups in total. The van der Waals surface area contributed by atoms with E-state index in [4.69, 9.17) is 0 Å². The fraction of sp³-hybridized carbons (Fsp3) is 0.188. The Kier molecular flexibility index (Phi) is 3.56. The second-order valence-corrected chi connectivity index (χ2v) is 4.59. The number of benzene rings is 2. The molecule has 0 aliphatic rings. The zero-order valence-corrected chi connectivity index (χ0v) is 10.5. The molecule has 0 saturated heterocycles. The van der Waals surface area contributed by atoms with Crippen LogP contribution in [-0.2, 0) is 0 Å². The summed E-state index contributed by atoms with van der Waals surface area (Å²) >= 11 is 0. The van der Waals surface area contributed by atoms with Crippen LogP contribution >= 0.6 is 0 Å². The van der Waals surface area contributed by atoms with Crippen LogP contribution in [0.1, 0.15) is 41.3 Å². The van der Waals surface area contributed by atoms with Crippen LogP contribution in [0.15, 0.2) is 48.5 Å². The van der Waals surface area contributed by atoms with Crippen molar-refractivity contribution in [2.24, 2.45) is 0 Å². The molecule has 0 saturated carbocycles. The average Bonchev–Trinajstić information content (AvgIpc) is 2.39. The standard InChI is InChI=1S/C16H15FO/c1-11(2)14-10-13(8-9-15(14)17)16(18)12-6-4-3-5-7-12/h3-11H,1-2H3. The molecule has 2 aromatic carbocycles.